The van der Waals surface area contributed by atoms with Gasteiger partial charge in [-0.15, -0.1) is 0 Å². The quantitative estimate of drug-likeness (QED) is 0.324. The van der Waals surface area contributed by atoms with Crippen LogP contribution in [0.15, 0.2) is 60.9 Å². The molecule has 0 bridgehead atoms. The molecule has 1 aromatic carbocycles. The maximum absolute atomic E-state index is 12.9. The number of ether oxygens (including phenoxy) is 1. The van der Waals surface area contributed by atoms with Crippen LogP contribution in [0.25, 0.3) is 6.08 Å². The lowest BCUT2D eigenvalue weighted by atomic mass is 9.96. The van der Waals surface area contributed by atoms with Crippen LogP contribution in [0, 0.1) is 5.92 Å². The van der Waals surface area contributed by atoms with Crippen LogP contribution in [0.4, 0.5) is 0 Å². The molecule has 9 heteroatoms. The second-order valence-electron chi connectivity index (χ2n) is 8.35. The largest absolute Gasteiger partial charge is 0.461 e. The Kier molecular flexibility index (Phi) is 9.53. The van der Waals surface area contributed by atoms with Gasteiger partial charge in [0.2, 0.25) is 17.7 Å². The number of hydrogen-bond acceptors (Lipinski definition) is 6. The van der Waals surface area contributed by atoms with Gasteiger partial charge in [0.1, 0.15) is 12.8 Å². The number of aromatic nitrogens is 1. The minimum Gasteiger partial charge on any atom is -0.461 e. The number of piperidine rings is 1. The summed E-state index contributed by atoms with van der Waals surface area (Å²) in [6, 6.07) is 12.8. The van der Waals surface area contributed by atoms with E-state index in [0.29, 0.717) is 19.4 Å². The molecule has 2 aromatic rings. The van der Waals surface area contributed by atoms with Crippen LogP contribution in [0.2, 0.25) is 0 Å². The van der Waals surface area contributed by atoms with Gasteiger partial charge in [-0.1, -0.05) is 30.3 Å². The fourth-order valence-corrected chi connectivity index (χ4v) is 3.78. The minimum absolute atomic E-state index is 0.104. The van der Waals surface area contributed by atoms with Crippen LogP contribution in [0.5, 0.6) is 0 Å². The van der Waals surface area contributed by atoms with Crippen molar-refractivity contribution in [3.63, 3.8) is 0 Å². The van der Waals surface area contributed by atoms with Gasteiger partial charge < -0.3 is 20.3 Å². The van der Waals surface area contributed by atoms with Gasteiger partial charge in [-0.2, -0.15) is 0 Å². The topological polar surface area (TPSA) is 118 Å². The molecule has 2 heterocycles. The highest BCUT2D eigenvalue weighted by Crippen LogP contribution is 2.18. The lowest BCUT2D eigenvalue weighted by Gasteiger charge is -2.32. The highest BCUT2D eigenvalue weighted by atomic mass is 16.5. The summed E-state index contributed by atoms with van der Waals surface area (Å²) >= 11 is 0. The zero-order valence-electron chi connectivity index (χ0n) is 19.7. The van der Waals surface area contributed by atoms with Crippen molar-refractivity contribution in [1.82, 2.24) is 20.5 Å². The molecule has 0 saturated carbocycles. The van der Waals surface area contributed by atoms with Crippen LogP contribution >= 0.6 is 0 Å². The Morgan fingerprint density at radius 2 is 1.86 bits per heavy atom. The number of benzene rings is 1. The highest BCUT2D eigenvalue weighted by molar-refractivity contribution is 5.92. The number of hydrogen-bond donors (Lipinski definition) is 2. The third-order valence-corrected chi connectivity index (χ3v) is 5.54. The number of esters is 1. The fourth-order valence-electron chi connectivity index (χ4n) is 3.78. The first-order valence-corrected chi connectivity index (χ1v) is 11.5. The summed E-state index contributed by atoms with van der Waals surface area (Å²) in [5.41, 5.74) is 1.70. The standard InChI is InChI=1S/C26H30N4O5/c1-19(31)28-23(16-25(33)35-18-21-6-3-2-4-7-21)29-26(34)22-8-5-15-30(17-22)24(32)10-9-20-11-13-27-14-12-20/h2-4,6-7,9-14,22-23H,5,8,15-18H2,1H3,(H,28,31)(H,29,34)/t22-,23+/m1/s1. The molecule has 3 amide bonds. The normalized spacial score (nSPS) is 16.4. The van der Waals surface area contributed by atoms with Crippen LogP contribution in [-0.4, -0.2) is 52.8 Å². The monoisotopic (exact) mass is 478 g/mol. The smallest absolute Gasteiger partial charge is 0.310 e. The summed E-state index contributed by atoms with van der Waals surface area (Å²) in [6.07, 6.45) is 6.66. The van der Waals surface area contributed by atoms with Gasteiger partial charge in [0.25, 0.3) is 0 Å². The average Bonchev–Trinajstić information content (AvgIpc) is 2.87. The molecule has 1 fully saturated rings. The molecule has 9 nitrogen and oxygen atoms in total. The Labute approximate surface area is 204 Å². The van der Waals surface area contributed by atoms with Gasteiger partial charge in [-0.25, -0.2) is 0 Å². The molecule has 184 valence electrons. The van der Waals surface area contributed by atoms with Gasteiger partial charge in [-0.3, -0.25) is 24.2 Å². The Balaban J connectivity index is 1.53. The first kappa shape index (κ1) is 25.6. The van der Waals surface area contributed by atoms with Crippen molar-refractivity contribution in [2.24, 2.45) is 5.92 Å². The van der Waals surface area contributed by atoms with Gasteiger partial charge in [0.05, 0.1) is 12.3 Å². The van der Waals surface area contributed by atoms with Gasteiger partial charge in [0.15, 0.2) is 0 Å². The van der Waals surface area contributed by atoms with Crippen molar-refractivity contribution < 1.29 is 23.9 Å². The lowest BCUT2D eigenvalue weighted by molar-refractivity contribution is -0.146. The van der Waals surface area contributed by atoms with E-state index in [1.54, 1.807) is 35.5 Å². The highest BCUT2D eigenvalue weighted by Gasteiger charge is 2.29. The lowest BCUT2D eigenvalue weighted by Crippen LogP contribution is -2.53. The van der Waals surface area contributed by atoms with Crippen LogP contribution in [0.1, 0.15) is 37.3 Å². The van der Waals surface area contributed by atoms with Gasteiger partial charge in [0, 0.05) is 38.5 Å². The molecule has 2 N–H and O–H groups in total. The number of pyridine rings is 1. The molecule has 2 atom stereocenters. The first-order chi connectivity index (χ1) is 16.9. The summed E-state index contributed by atoms with van der Waals surface area (Å²) in [4.78, 5) is 55.0. The maximum atomic E-state index is 12.9. The molecule has 1 aromatic heterocycles. The predicted molar refractivity (Wildman–Crippen MR) is 129 cm³/mol. The molecular weight excluding hydrogens is 448 g/mol. The van der Waals surface area contributed by atoms with Crippen molar-refractivity contribution in [2.75, 3.05) is 13.1 Å². The van der Waals surface area contributed by atoms with Crippen molar-refractivity contribution >= 4 is 29.8 Å². The molecule has 0 aliphatic carbocycles. The summed E-state index contributed by atoms with van der Waals surface area (Å²) < 4.78 is 5.27. The van der Waals surface area contributed by atoms with Gasteiger partial charge in [-0.05, 0) is 42.2 Å². The third-order valence-electron chi connectivity index (χ3n) is 5.54. The second kappa shape index (κ2) is 13.0. The predicted octanol–water partition coefficient (Wildman–Crippen LogP) is 2.05. The Morgan fingerprint density at radius 3 is 2.57 bits per heavy atom. The van der Waals surface area contributed by atoms with Crippen molar-refractivity contribution in [3.8, 4) is 0 Å². The summed E-state index contributed by atoms with van der Waals surface area (Å²) in [6.45, 7) is 2.23. The number of carbonyl (C=O) groups excluding carboxylic acids is 4. The van der Waals surface area contributed by atoms with E-state index in [-0.39, 0.29) is 37.3 Å². The Bertz CT molecular complexity index is 1040. The molecule has 35 heavy (non-hydrogen) atoms. The molecule has 1 aliphatic rings. The summed E-state index contributed by atoms with van der Waals surface area (Å²) in [5.74, 6) is -1.88. The van der Waals surface area contributed by atoms with E-state index < -0.39 is 18.1 Å². The fraction of sp³-hybridized carbons (Fsp3) is 0.346. The Hall–Kier alpha value is -4.01. The van der Waals surface area contributed by atoms with Gasteiger partial charge >= 0.3 is 5.97 Å². The van der Waals surface area contributed by atoms with E-state index in [9.17, 15) is 19.2 Å². The maximum Gasteiger partial charge on any atom is 0.310 e. The van der Waals surface area contributed by atoms with E-state index in [1.165, 1.54) is 13.0 Å². The molecule has 0 radical (unpaired) electrons. The summed E-state index contributed by atoms with van der Waals surface area (Å²) in [7, 11) is 0. The second-order valence-corrected chi connectivity index (χ2v) is 8.35. The minimum atomic E-state index is -0.902. The molecule has 1 aliphatic heterocycles. The van der Waals surface area contributed by atoms with E-state index in [0.717, 1.165) is 11.1 Å². The third kappa shape index (κ3) is 8.69. The van der Waals surface area contributed by atoms with E-state index in [4.69, 9.17) is 4.74 Å². The first-order valence-electron chi connectivity index (χ1n) is 11.5. The zero-order chi connectivity index (χ0) is 25.0. The van der Waals surface area contributed by atoms with Crippen LogP contribution in [0.3, 0.4) is 0 Å². The number of nitrogens with zero attached hydrogens (tertiary/aromatic N) is 2. The SMILES string of the molecule is CC(=O)N[C@H](CC(=O)OCc1ccccc1)NC(=O)[C@@H]1CCCN(C(=O)C=Cc2ccncc2)C1. The number of rotatable bonds is 9. The molecule has 0 spiro atoms. The van der Waals surface area contributed by atoms with Crippen molar-refractivity contribution in [2.45, 2.75) is 39.0 Å². The van der Waals surface area contributed by atoms with E-state index >= 15 is 0 Å². The van der Waals surface area contributed by atoms with E-state index in [1.807, 2.05) is 30.3 Å². The Morgan fingerprint density at radius 1 is 1.11 bits per heavy atom. The number of nitrogens with one attached hydrogen (secondary N) is 2. The van der Waals surface area contributed by atoms with Crippen molar-refractivity contribution in [3.05, 3.63) is 72.1 Å². The van der Waals surface area contributed by atoms with Crippen molar-refractivity contribution in [1.29, 1.82) is 0 Å². The van der Waals surface area contributed by atoms with Crippen LogP contribution in [-0.2, 0) is 30.5 Å². The number of carbonyl (C=O) groups is 4. The van der Waals surface area contributed by atoms with Crippen LogP contribution < -0.4 is 10.6 Å². The molecule has 1 saturated heterocycles. The zero-order valence-corrected chi connectivity index (χ0v) is 19.7. The molecular formula is C26H30N4O5. The number of amides is 3. The average molecular weight is 479 g/mol. The summed E-state index contributed by atoms with van der Waals surface area (Å²) in [5, 5.41) is 5.31. The number of likely N-dealkylation sites (tertiary alicyclic amines) is 1. The van der Waals surface area contributed by atoms with E-state index in [2.05, 4.69) is 15.6 Å². The molecule has 3 rings (SSSR count). The molecule has 0 unspecified atom stereocenters.